The molecule has 6 aromatic rings. The van der Waals surface area contributed by atoms with Gasteiger partial charge in [0.2, 0.25) is 5.82 Å². The van der Waals surface area contributed by atoms with Crippen molar-refractivity contribution in [1.82, 2.24) is 35.2 Å². The molecule has 0 radical (unpaired) electrons. The molecule has 4 aromatic carbocycles. The highest BCUT2D eigenvalue weighted by molar-refractivity contribution is 5.86. The molecule has 1 saturated heterocycles. The van der Waals surface area contributed by atoms with Gasteiger partial charge < -0.3 is 0 Å². The summed E-state index contributed by atoms with van der Waals surface area (Å²) in [5, 5.41) is 17.1. The number of rotatable bonds is 10. The van der Waals surface area contributed by atoms with Gasteiger partial charge in [-0.1, -0.05) is 98.3 Å². The Balaban J connectivity index is 1.15. The Morgan fingerprint density at radius 1 is 0.878 bits per heavy atom. The molecule has 2 aromatic heterocycles. The zero-order valence-corrected chi connectivity index (χ0v) is 27.3. The SMILES string of the molecule is CCCCc1nc2ccc([C@H]3[C@@H]4C(=O)CC[C@@H]4ON3Cc3ccccc3)cc2c(=O)n1Cc1ccc(-c2ccccc2-c2nn[nH]n2)cc1. The van der Waals surface area contributed by atoms with Crippen LogP contribution < -0.4 is 5.56 Å². The molecule has 246 valence electrons. The predicted molar refractivity (Wildman–Crippen MR) is 186 cm³/mol. The number of Topliss-reactive ketones (excluding diaryl/α,β-unsaturated/α-hetero) is 1. The molecule has 10 heteroatoms. The van der Waals surface area contributed by atoms with Gasteiger partial charge in [-0.3, -0.25) is 19.0 Å². The van der Waals surface area contributed by atoms with Crippen molar-refractivity contribution in [2.45, 2.75) is 64.3 Å². The number of carbonyl (C=O) groups excluding carboxylic acids is 1. The number of aromatic nitrogens is 6. The summed E-state index contributed by atoms with van der Waals surface area (Å²) < 4.78 is 1.82. The Labute approximate surface area is 283 Å². The molecule has 49 heavy (non-hydrogen) atoms. The number of nitrogens with one attached hydrogen (secondary N) is 1. The van der Waals surface area contributed by atoms with Gasteiger partial charge in [-0.2, -0.15) is 10.3 Å². The zero-order chi connectivity index (χ0) is 33.3. The summed E-state index contributed by atoms with van der Waals surface area (Å²) in [4.78, 5) is 39.0. The normalized spacial score (nSPS) is 19.1. The number of hydroxylamine groups is 2. The van der Waals surface area contributed by atoms with E-state index in [1.807, 2.05) is 70.3 Å². The van der Waals surface area contributed by atoms with Crippen molar-refractivity contribution in [1.29, 1.82) is 0 Å². The minimum absolute atomic E-state index is 0.0766. The standard InChI is InChI=1S/C39H37N7O3/c1-2-3-13-35-40-32-19-18-28(37-36-33(47)20-21-34(36)49-46(37)24-25-9-5-4-6-10-25)22-31(32)39(48)45(35)23-26-14-16-27(17-15-26)29-11-7-8-12-30(29)38-41-43-44-42-38/h4-12,14-19,22,34,36-37H,2-3,13,20-21,23-24H2,1H3,(H,41,42,43,44)/t34-,36+,37-/m0/s1. The van der Waals surface area contributed by atoms with E-state index in [0.29, 0.717) is 42.7 Å². The first-order chi connectivity index (χ1) is 24.1. The Hall–Kier alpha value is -5.32. The van der Waals surface area contributed by atoms with Gasteiger partial charge in [0.15, 0.2) is 0 Å². The molecule has 8 rings (SSSR count). The van der Waals surface area contributed by atoms with Crippen LogP contribution in [0.1, 0.15) is 61.2 Å². The lowest BCUT2D eigenvalue weighted by atomic mass is 9.89. The number of benzene rings is 4. The number of H-pyrrole nitrogens is 1. The lowest BCUT2D eigenvalue weighted by Gasteiger charge is -2.26. The molecular weight excluding hydrogens is 614 g/mol. The number of unbranched alkanes of at least 4 members (excludes halogenated alkanes) is 1. The maximum absolute atomic E-state index is 14.4. The summed E-state index contributed by atoms with van der Waals surface area (Å²) in [5.74, 6) is 1.27. The fourth-order valence-electron chi connectivity index (χ4n) is 7.36. The van der Waals surface area contributed by atoms with Crippen LogP contribution in [0.2, 0.25) is 0 Å². The Morgan fingerprint density at radius 2 is 1.65 bits per heavy atom. The summed E-state index contributed by atoms with van der Waals surface area (Å²) in [7, 11) is 0. The molecule has 3 heterocycles. The minimum atomic E-state index is -0.278. The van der Waals surface area contributed by atoms with Crippen LogP contribution in [0.5, 0.6) is 0 Å². The van der Waals surface area contributed by atoms with Gasteiger partial charge in [-0.15, -0.1) is 10.2 Å². The molecule has 0 bridgehead atoms. The second-order valence-electron chi connectivity index (χ2n) is 13.0. The van der Waals surface area contributed by atoms with Gasteiger partial charge in [0.05, 0.1) is 35.5 Å². The van der Waals surface area contributed by atoms with Crippen molar-refractivity contribution in [3.8, 4) is 22.5 Å². The molecule has 2 fully saturated rings. The smallest absolute Gasteiger partial charge is 0.261 e. The van der Waals surface area contributed by atoms with E-state index in [0.717, 1.165) is 58.5 Å². The second-order valence-corrected chi connectivity index (χ2v) is 13.0. The topological polar surface area (TPSA) is 119 Å². The molecule has 10 nitrogen and oxygen atoms in total. The third-order valence-corrected chi connectivity index (χ3v) is 9.82. The molecule has 1 saturated carbocycles. The molecule has 0 unspecified atom stereocenters. The van der Waals surface area contributed by atoms with Crippen LogP contribution >= 0.6 is 0 Å². The van der Waals surface area contributed by atoms with Crippen LogP contribution in [0.4, 0.5) is 0 Å². The summed E-state index contributed by atoms with van der Waals surface area (Å²) in [6.07, 6.45) is 3.73. The van der Waals surface area contributed by atoms with E-state index in [-0.39, 0.29) is 29.4 Å². The van der Waals surface area contributed by atoms with Crippen molar-refractivity contribution < 1.29 is 9.63 Å². The molecule has 3 atom stereocenters. The molecule has 0 amide bonds. The summed E-state index contributed by atoms with van der Waals surface area (Å²) in [6.45, 7) is 3.09. The molecule has 2 aliphatic rings. The van der Waals surface area contributed by atoms with Crippen LogP contribution in [0.3, 0.4) is 0 Å². The third kappa shape index (κ3) is 5.98. The number of hydrogen-bond donors (Lipinski definition) is 1. The number of hydrogen-bond acceptors (Lipinski definition) is 8. The largest absolute Gasteiger partial charge is 0.299 e. The Kier molecular flexibility index (Phi) is 8.40. The Bertz CT molecular complexity index is 2160. The first-order valence-electron chi connectivity index (χ1n) is 17.0. The molecule has 1 aliphatic heterocycles. The van der Waals surface area contributed by atoms with E-state index >= 15 is 0 Å². The zero-order valence-electron chi connectivity index (χ0n) is 27.3. The number of ketones is 1. The fourth-order valence-corrected chi connectivity index (χ4v) is 7.36. The van der Waals surface area contributed by atoms with Crippen molar-refractivity contribution in [2.24, 2.45) is 5.92 Å². The lowest BCUT2D eigenvalue weighted by Crippen LogP contribution is -2.28. The molecule has 1 N–H and O–H groups in total. The van der Waals surface area contributed by atoms with Crippen LogP contribution in [-0.4, -0.2) is 47.1 Å². The first kappa shape index (κ1) is 31.0. The monoisotopic (exact) mass is 651 g/mol. The van der Waals surface area contributed by atoms with Crippen LogP contribution in [0.25, 0.3) is 33.4 Å². The number of aryl methyl sites for hydroxylation is 1. The maximum Gasteiger partial charge on any atom is 0.261 e. The van der Waals surface area contributed by atoms with E-state index in [1.165, 1.54) is 0 Å². The maximum atomic E-state index is 14.4. The fraction of sp³-hybridized carbons (Fsp3) is 0.282. The first-order valence-corrected chi connectivity index (χ1v) is 17.0. The van der Waals surface area contributed by atoms with Gasteiger partial charge in [0.25, 0.3) is 5.56 Å². The average Bonchev–Trinajstić information content (AvgIpc) is 3.88. The molecular formula is C39H37N7O3. The van der Waals surface area contributed by atoms with Gasteiger partial charge in [-0.05, 0) is 58.0 Å². The highest BCUT2D eigenvalue weighted by atomic mass is 16.7. The van der Waals surface area contributed by atoms with Crippen LogP contribution in [0, 0.1) is 5.92 Å². The van der Waals surface area contributed by atoms with Crippen molar-refractivity contribution in [3.05, 3.63) is 130 Å². The van der Waals surface area contributed by atoms with E-state index in [9.17, 15) is 9.59 Å². The average molecular weight is 652 g/mol. The highest BCUT2D eigenvalue weighted by Gasteiger charge is 2.51. The van der Waals surface area contributed by atoms with E-state index < -0.39 is 0 Å². The number of tetrazole rings is 1. The number of carbonyl (C=O) groups is 1. The van der Waals surface area contributed by atoms with E-state index in [2.05, 4.69) is 63.9 Å². The van der Waals surface area contributed by atoms with Gasteiger partial charge >= 0.3 is 0 Å². The Morgan fingerprint density at radius 3 is 2.43 bits per heavy atom. The number of fused-ring (bicyclic) bond motifs is 2. The highest BCUT2D eigenvalue weighted by Crippen LogP contribution is 2.46. The second kappa shape index (κ2) is 13.3. The minimum Gasteiger partial charge on any atom is -0.299 e. The van der Waals surface area contributed by atoms with Gasteiger partial charge in [0.1, 0.15) is 11.6 Å². The van der Waals surface area contributed by atoms with E-state index in [1.54, 1.807) is 0 Å². The number of nitrogens with zero attached hydrogens (tertiary/aromatic N) is 6. The summed E-state index contributed by atoms with van der Waals surface area (Å²) >= 11 is 0. The third-order valence-electron chi connectivity index (χ3n) is 9.82. The molecule has 1 aliphatic carbocycles. The van der Waals surface area contributed by atoms with Crippen LogP contribution in [-0.2, 0) is 29.1 Å². The van der Waals surface area contributed by atoms with E-state index in [4.69, 9.17) is 9.82 Å². The van der Waals surface area contributed by atoms with Crippen molar-refractivity contribution in [3.63, 3.8) is 0 Å². The van der Waals surface area contributed by atoms with Crippen molar-refractivity contribution in [2.75, 3.05) is 0 Å². The number of aromatic amines is 1. The van der Waals surface area contributed by atoms with Crippen LogP contribution in [0.15, 0.2) is 102 Å². The molecule has 0 spiro atoms. The van der Waals surface area contributed by atoms with Gasteiger partial charge in [0, 0.05) is 24.9 Å². The van der Waals surface area contributed by atoms with Gasteiger partial charge in [-0.25, -0.2) is 4.98 Å². The predicted octanol–water partition coefficient (Wildman–Crippen LogP) is 6.47. The van der Waals surface area contributed by atoms with Crippen molar-refractivity contribution >= 4 is 16.7 Å². The summed E-state index contributed by atoms with van der Waals surface area (Å²) in [6, 6.07) is 32.0. The summed E-state index contributed by atoms with van der Waals surface area (Å²) in [5.41, 5.74) is 6.50. The quantitative estimate of drug-likeness (QED) is 0.179. The lowest BCUT2D eigenvalue weighted by molar-refractivity contribution is -0.171.